The molecule has 0 radical (unpaired) electrons. The SMILES string of the molecule is CCc1nc(Cl)c(-c2ccccc2)c(NC2CCCC2)n1. The number of hydrogen-bond acceptors (Lipinski definition) is 3. The van der Waals surface area contributed by atoms with Gasteiger partial charge in [0.15, 0.2) is 0 Å². The van der Waals surface area contributed by atoms with Crippen LogP contribution >= 0.6 is 11.6 Å². The van der Waals surface area contributed by atoms with Gasteiger partial charge in [0.1, 0.15) is 16.8 Å². The smallest absolute Gasteiger partial charge is 0.142 e. The van der Waals surface area contributed by atoms with Gasteiger partial charge in [0, 0.05) is 12.5 Å². The van der Waals surface area contributed by atoms with Crippen LogP contribution in [0.25, 0.3) is 11.1 Å². The lowest BCUT2D eigenvalue weighted by atomic mass is 10.1. The van der Waals surface area contributed by atoms with Crippen LogP contribution in [0.5, 0.6) is 0 Å². The van der Waals surface area contributed by atoms with Gasteiger partial charge < -0.3 is 5.32 Å². The van der Waals surface area contributed by atoms with Crippen molar-refractivity contribution in [2.24, 2.45) is 0 Å². The Morgan fingerprint density at radius 1 is 1.14 bits per heavy atom. The van der Waals surface area contributed by atoms with E-state index in [4.69, 9.17) is 11.6 Å². The van der Waals surface area contributed by atoms with E-state index in [1.165, 1.54) is 25.7 Å². The summed E-state index contributed by atoms with van der Waals surface area (Å²) in [5.41, 5.74) is 1.98. The van der Waals surface area contributed by atoms with E-state index in [0.717, 1.165) is 29.2 Å². The van der Waals surface area contributed by atoms with Crippen molar-refractivity contribution >= 4 is 17.4 Å². The van der Waals surface area contributed by atoms with E-state index >= 15 is 0 Å². The third-order valence-corrected chi connectivity index (χ3v) is 4.26. The molecule has 1 N–H and O–H groups in total. The van der Waals surface area contributed by atoms with Gasteiger partial charge in [0.2, 0.25) is 0 Å². The van der Waals surface area contributed by atoms with Crippen molar-refractivity contribution in [2.75, 3.05) is 5.32 Å². The lowest BCUT2D eigenvalue weighted by molar-refractivity contribution is 0.747. The van der Waals surface area contributed by atoms with E-state index < -0.39 is 0 Å². The zero-order chi connectivity index (χ0) is 14.7. The Morgan fingerprint density at radius 3 is 2.52 bits per heavy atom. The van der Waals surface area contributed by atoms with Crippen LogP contribution in [0, 0.1) is 0 Å². The number of nitrogens with one attached hydrogen (secondary N) is 1. The van der Waals surface area contributed by atoms with E-state index in [9.17, 15) is 0 Å². The van der Waals surface area contributed by atoms with Gasteiger partial charge in [-0.2, -0.15) is 0 Å². The van der Waals surface area contributed by atoms with Gasteiger partial charge in [-0.05, 0) is 18.4 Å². The Bertz CT molecular complexity index is 607. The highest BCUT2D eigenvalue weighted by atomic mass is 35.5. The summed E-state index contributed by atoms with van der Waals surface area (Å²) in [4.78, 5) is 9.10. The monoisotopic (exact) mass is 301 g/mol. The van der Waals surface area contributed by atoms with Gasteiger partial charge in [0.05, 0.1) is 5.56 Å². The second kappa shape index (κ2) is 6.44. The molecule has 0 saturated heterocycles. The van der Waals surface area contributed by atoms with Crippen molar-refractivity contribution < 1.29 is 0 Å². The topological polar surface area (TPSA) is 37.8 Å². The maximum atomic E-state index is 6.44. The normalized spacial score (nSPS) is 15.3. The first kappa shape index (κ1) is 14.3. The molecule has 4 heteroatoms. The fourth-order valence-electron chi connectivity index (χ4n) is 2.86. The van der Waals surface area contributed by atoms with Crippen molar-refractivity contribution in [3.05, 3.63) is 41.3 Å². The summed E-state index contributed by atoms with van der Waals surface area (Å²) in [6, 6.07) is 10.6. The molecule has 0 bridgehead atoms. The number of benzene rings is 1. The van der Waals surface area contributed by atoms with Gasteiger partial charge in [-0.1, -0.05) is 61.7 Å². The van der Waals surface area contributed by atoms with Crippen LogP contribution < -0.4 is 5.32 Å². The Labute approximate surface area is 130 Å². The highest BCUT2D eigenvalue weighted by molar-refractivity contribution is 6.32. The fourth-order valence-corrected chi connectivity index (χ4v) is 3.16. The van der Waals surface area contributed by atoms with Crippen LogP contribution in [0.4, 0.5) is 5.82 Å². The lowest BCUT2D eigenvalue weighted by Gasteiger charge is -2.18. The van der Waals surface area contributed by atoms with Gasteiger partial charge in [-0.25, -0.2) is 9.97 Å². The number of aryl methyl sites for hydroxylation is 1. The largest absolute Gasteiger partial charge is 0.367 e. The third kappa shape index (κ3) is 3.18. The van der Waals surface area contributed by atoms with Gasteiger partial charge in [0.25, 0.3) is 0 Å². The molecule has 3 rings (SSSR count). The summed E-state index contributed by atoms with van der Waals surface area (Å²) in [6.45, 7) is 2.05. The van der Waals surface area contributed by atoms with E-state index in [-0.39, 0.29) is 0 Å². The second-order valence-electron chi connectivity index (χ2n) is 5.50. The van der Waals surface area contributed by atoms with E-state index in [1.807, 2.05) is 25.1 Å². The van der Waals surface area contributed by atoms with Crippen molar-refractivity contribution in [1.82, 2.24) is 9.97 Å². The molecule has 1 aliphatic rings. The van der Waals surface area contributed by atoms with Crippen LogP contribution in [-0.4, -0.2) is 16.0 Å². The molecule has 1 heterocycles. The average Bonchev–Trinajstić information content (AvgIpc) is 3.00. The van der Waals surface area contributed by atoms with Crippen molar-refractivity contribution in [3.8, 4) is 11.1 Å². The fraction of sp³-hybridized carbons (Fsp3) is 0.412. The molecule has 1 aliphatic carbocycles. The molecule has 2 aromatic rings. The molecule has 0 amide bonds. The summed E-state index contributed by atoms with van der Waals surface area (Å²) < 4.78 is 0. The molecule has 1 fully saturated rings. The first-order chi connectivity index (χ1) is 10.3. The number of nitrogens with zero attached hydrogens (tertiary/aromatic N) is 2. The number of rotatable bonds is 4. The number of aromatic nitrogens is 2. The maximum absolute atomic E-state index is 6.44. The van der Waals surface area contributed by atoms with E-state index in [1.54, 1.807) is 0 Å². The standard InChI is InChI=1S/C17H20ClN3/c1-2-14-20-16(18)15(12-8-4-3-5-9-12)17(21-14)19-13-10-6-7-11-13/h3-5,8-9,13H,2,6-7,10-11H2,1H3,(H,19,20,21). The van der Waals surface area contributed by atoms with Gasteiger partial charge in [-0.3, -0.25) is 0 Å². The Morgan fingerprint density at radius 2 is 1.86 bits per heavy atom. The first-order valence-corrected chi connectivity index (χ1v) is 8.04. The van der Waals surface area contributed by atoms with Crippen molar-refractivity contribution in [2.45, 2.75) is 45.1 Å². The summed E-state index contributed by atoms with van der Waals surface area (Å²) in [6.07, 6.45) is 5.78. The van der Waals surface area contributed by atoms with Crippen LogP contribution in [-0.2, 0) is 6.42 Å². The van der Waals surface area contributed by atoms with Crippen LogP contribution in [0.1, 0.15) is 38.4 Å². The predicted molar refractivity (Wildman–Crippen MR) is 87.7 cm³/mol. The van der Waals surface area contributed by atoms with Gasteiger partial charge >= 0.3 is 0 Å². The molecule has 0 spiro atoms. The molecule has 1 aromatic heterocycles. The Hall–Kier alpha value is -1.61. The number of hydrogen-bond donors (Lipinski definition) is 1. The number of anilines is 1. The van der Waals surface area contributed by atoms with E-state index in [2.05, 4.69) is 27.4 Å². The molecular weight excluding hydrogens is 282 g/mol. The second-order valence-corrected chi connectivity index (χ2v) is 5.86. The molecule has 0 unspecified atom stereocenters. The molecule has 0 atom stereocenters. The molecule has 21 heavy (non-hydrogen) atoms. The van der Waals surface area contributed by atoms with Crippen molar-refractivity contribution in [1.29, 1.82) is 0 Å². The predicted octanol–water partition coefficient (Wildman–Crippen LogP) is 4.71. The zero-order valence-corrected chi connectivity index (χ0v) is 13.0. The highest BCUT2D eigenvalue weighted by Crippen LogP contribution is 2.34. The summed E-state index contributed by atoms with van der Waals surface area (Å²) in [5.74, 6) is 1.67. The van der Waals surface area contributed by atoms with Crippen LogP contribution in [0.15, 0.2) is 30.3 Å². The zero-order valence-electron chi connectivity index (χ0n) is 12.3. The molecule has 110 valence electrons. The van der Waals surface area contributed by atoms with Crippen LogP contribution in [0.3, 0.4) is 0 Å². The van der Waals surface area contributed by atoms with Crippen molar-refractivity contribution in [3.63, 3.8) is 0 Å². The van der Waals surface area contributed by atoms with Crippen LogP contribution in [0.2, 0.25) is 5.15 Å². The summed E-state index contributed by atoms with van der Waals surface area (Å²) >= 11 is 6.44. The average molecular weight is 302 g/mol. The lowest BCUT2D eigenvalue weighted by Crippen LogP contribution is -2.17. The Balaban J connectivity index is 2.03. The molecular formula is C17H20ClN3. The molecule has 3 nitrogen and oxygen atoms in total. The minimum atomic E-state index is 0.503. The Kier molecular flexibility index (Phi) is 4.39. The van der Waals surface area contributed by atoms with E-state index in [0.29, 0.717) is 11.2 Å². The molecule has 1 saturated carbocycles. The van der Waals surface area contributed by atoms with Gasteiger partial charge in [-0.15, -0.1) is 0 Å². The quantitative estimate of drug-likeness (QED) is 0.831. The number of halogens is 1. The summed E-state index contributed by atoms with van der Waals surface area (Å²) in [5, 5.41) is 4.12. The summed E-state index contributed by atoms with van der Waals surface area (Å²) in [7, 11) is 0. The third-order valence-electron chi connectivity index (χ3n) is 3.99. The molecule has 1 aromatic carbocycles. The minimum Gasteiger partial charge on any atom is -0.367 e. The molecule has 0 aliphatic heterocycles. The highest BCUT2D eigenvalue weighted by Gasteiger charge is 2.20. The maximum Gasteiger partial charge on any atom is 0.142 e. The first-order valence-electron chi connectivity index (χ1n) is 7.66. The minimum absolute atomic E-state index is 0.503.